The molecule has 20 heavy (non-hydrogen) atoms. The first kappa shape index (κ1) is 16.9. The second-order valence-corrected chi connectivity index (χ2v) is 8.23. The Balaban J connectivity index is 2.71. The minimum Gasteiger partial charge on any atom is -0.333 e. The lowest BCUT2D eigenvalue weighted by Gasteiger charge is -2.20. The molecule has 0 N–H and O–H groups in total. The molecule has 0 unspecified atom stereocenters. The van der Waals surface area contributed by atoms with Crippen LogP contribution in [0.25, 0.3) is 0 Å². The number of hydrogen-bond donors (Lipinski definition) is 0. The molecule has 1 heterocycles. The van der Waals surface area contributed by atoms with Crippen LogP contribution in [0.15, 0.2) is 30.2 Å². The second-order valence-electron chi connectivity index (χ2n) is 5.09. The van der Waals surface area contributed by atoms with Gasteiger partial charge in [0.05, 0.1) is 12.3 Å². The Bertz CT molecular complexity index is 533. The minimum absolute atomic E-state index is 0.0259. The van der Waals surface area contributed by atoms with Gasteiger partial charge in [0.15, 0.2) is 9.84 Å². The fourth-order valence-electron chi connectivity index (χ4n) is 1.85. The first-order valence-electron chi connectivity index (χ1n) is 6.45. The van der Waals surface area contributed by atoms with Crippen LogP contribution in [0.3, 0.4) is 0 Å². The summed E-state index contributed by atoms with van der Waals surface area (Å²) in [6.45, 7) is 8.06. The molecule has 0 fully saturated rings. The molecule has 0 radical (unpaired) electrons. The van der Waals surface area contributed by atoms with Crippen molar-refractivity contribution >= 4 is 27.1 Å². The Morgan fingerprint density at radius 3 is 2.70 bits per heavy atom. The summed E-state index contributed by atoms with van der Waals surface area (Å²) in [4.78, 5) is 14.7. The lowest BCUT2D eigenvalue weighted by atomic mass is 10.3. The summed E-state index contributed by atoms with van der Waals surface area (Å²) >= 11 is 1.55. The van der Waals surface area contributed by atoms with Crippen LogP contribution in [0.1, 0.15) is 18.7 Å². The largest absolute Gasteiger partial charge is 0.333 e. The number of rotatable bonds is 8. The zero-order valence-electron chi connectivity index (χ0n) is 11.9. The number of thiophene rings is 1. The van der Waals surface area contributed by atoms with E-state index in [1.165, 1.54) is 4.90 Å². The van der Waals surface area contributed by atoms with Crippen LogP contribution < -0.4 is 0 Å². The minimum atomic E-state index is -3.34. The SMILES string of the molecule is C=CCN(Cc1cccs1)C(=O)CS(=O)(=O)CC(C)C. The molecule has 0 bridgehead atoms. The third kappa shape index (κ3) is 5.88. The fraction of sp³-hybridized carbons (Fsp3) is 0.500. The van der Waals surface area contributed by atoms with Gasteiger partial charge in [-0.1, -0.05) is 26.0 Å². The van der Waals surface area contributed by atoms with E-state index in [0.29, 0.717) is 13.1 Å². The molecular formula is C14H21NO3S2. The van der Waals surface area contributed by atoms with Crippen LogP contribution >= 0.6 is 11.3 Å². The van der Waals surface area contributed by atoms with E-state index in [9.17, 15) is 13.2 Å². The third-order valence-electron chi connectivity index (χ3n) is 2.56. The van der Waals surface area contributed by atoms with Crippen LogP contribution in [-0.4, -0.2) is 37.3 Å². The maximum absolute atomic E-state index is 12.2. The number of hydrogen-bond acceptors (Lipinski definition) is 4. The molecule has 1 amide bonds. The molecule has 0 saturated carbocycles. The normalized spacial score (nSPS) is 11.6. The van der Waals surface area contributed by atoms with E-state index in [-0.39, 0.29) is 17.6 Å². The standard InChI is InChI=1S/C14H21NO3S2/c1-4-7-15(9-13-6-5-8-19-13)14(16)11-20(17,18)10-12(2)3/h4-6,8,12H,1,7,9-11H2,2-3H3. The fourth-order valence-corrected chi connectivity index (χ4v) is 4.26. The van der Waals surface area contributed by atoms with E-state index in [1.54, 1.807) is 17.4 Å². The van der Waals surface area contributed by atoms with Gasteiger partial charge in [0.25, 0.3) is 0 Å². The molecule has 1 aromatic rings. The first-order chi connectivity index (χ1) is 9.34. The molecule has 0 atom stereocenters. The lowest BCUT2D eigenvalue weighted by molar-refractivity contribution is -0.128. The van der Waals surface area contributed by atoms with Crippen molar-refractivity contribution in [3.8, 4) is 0 Å². The Hall–Kier alpha value is -1.14. The third-order valence-corrected chi connectivity index (χ3v) is 5.28. The molecule has 1 aromatic heterocycles. The van der Waals surface area contributed by atoms with Crippen LogP contribution in [0, 0.1) is 5.92 Å². The van der Waals surface area contributed by atoms with Crippen molar-refractivity contribution in [1.82, 2.24) is 4.90 Å². The van der Waals surface area contributed by atoms with Gasteiger partial charge in [-0.2, -0.15) is 0 Å². The molecule has 0 aliphatic carbocycles. The van der Waals surface area contributed by atoms with Gasteiger partial charge < -0.3 is 4.90 Å². The molecule has 112 valence electrons. The van der Waals surface area contributed by atoms with E-state index in [0.717, 1.165) is 4.88 Å². The summed E-state index contributed by atoms with van der Waals surface area (Å²) < 4.78 is 23.8. The van der Waals surface area contributed by atoms with Crippen molar-refractivity contribution in [2.24, 2.45) is 5.92 Å². The van der Waals surface area contributed by atoms with Crippen molar-refractivity contribution < 1.29 is 13.2 Å². The summed E-state index contributed by atoms with van der Waals surface area (Å²) in [7, 11) is -3.34. The Kier molecular flexibility index (Phi) is 6.42. The molecule has 0 aliphatic heterocycles. The molecule has 0 aliphatic rings. The van der Waals surface area contributed by atoms with Crippen molar-refractivity contribution in [3.63, 3.8) is 0 Å². The summed E-state index contributed by atoms with van der Waals surface area (Å²) in [5, 5.41) is 1.93. The van der Waals surface area contributed by atoms with Gasteiger partial charge in [0.2, 0.25) is 5.91 Å². The van der Waals surface area contributed by atoms with Crippen molar-refractivity contribution in [1.29, 1.82) is 0 Å². The summed E-state index contributed by atoms with van der Waals surface area (Å²) in [5.41, 5.74) is 0. The number of amides is 1. The van der Waals surface area contributed by atoms with Crippen LogP contribution in [0.4, 0.5) is 0 Å². The van der Waals surface area contributed by atoms with E-state index in [4.69, 9.17) is 0 Å². The topological polar surface area (TPSA) is 54.5 Å². The van der Waals surface area contributed by atoms with E-state index in [1.807, 2.05) is 31.4 Å². The lowest BCUT2D eigenvalue weighted by Crippen LogP contribution is -2.36. The average molecular weight is 315 g/mol. The monoisotopic (exact) mass is 315 g/mol. The highest BCUT2D eigenvalue weighted by Gasteiger charge is 2.22. The second kappa shape index (κ2) is 7.59. The Morgan fingerprint density at radius 2 is 2.20 bits per heavy atom. The highest BCUT2D eigenvalue weighted by Crippen LogP contribution is 2.13. The predicted molar refractivity (Wildman–Crippen MR) is 83.4 cm³/mol. The number of carbonyl (C=O) groups is 1. The van der Waals surface area contributed by atoms with Gasteiger partial charge in [-0.25, -0.2) is 8.42 Å². The van der Waals surface area contributed by atoms with E-state index in [2.05, 4.69) is 6.58 Å². The van der Waals surface area contributed by atoms with Gasteiger partial charge in [0.1, 0.15) is 5.75 Å². The van der Waals surface area contributed by atoms with Gasteiger partial charge in [-0.05, 0) is 17.4 Å². The van der Waals surface area contributed by atoms with Crippen LogP contribution in [-0.2, 0) is 21.2 Å². The number of nitrogens with zero attached hydrogens (tertiary/aromatic N) is 1. The van der Waals surface area contributed by atoms with E-state index >= 15 is 0 Å². The van der Waals surface area contributed by atoms with Crippen molar-refractivity contribution in [2.75, 3.05) is 18.1 Å². The molecule has 6 heteroatoms. The summed E-state index contributed by atoms with van der Waals surface area (Å²) in [5.74, 6) is -0.721. The van der Waals surface area contributed by atoms with Crippen molar-refractivity contribution in [2.45, 2.75) is 20.4 Å². The molecular weight excluding hydrogens is 294 g/mol. The highest BCUT2D eigenvalue weighted by atomic mass is 32.2. The predicted octanol–water partition coefficient (Wildman–Crippen LogP) is 2.33. The summed E-state index contributed by atoms with van der Waals surface area (Å²) in [6, 6.07) is 3.84. The average Bonchev–Trinajstić information content (AvgIpc) is 2.78. The molecule has 0 saturated heterocycles. The van der Waals surface area contributed by atoms with Gasteiger partial charge in [0, 0.05) is 11.4 Å². The van der Waals surface area contributed by atoms with Crippen LogP contribution in [0.2, 0.25) is 0 Å². The maximum Gasteiger partial charge on any atom is 0.238 e. The number of sulfone groups is 1. The number of carbonyl (C=O) groups excluding carboxylic acids is 1. The van der Waals surface area contributed by atoms with E-state index < -0.39 is 15.6 Å². The van der Waals surface area contributed by atoms with Gasteiger partial charge in [-0.3, -0.25) is 4.79 Å². The quantitative estimate of drug-likeness (QED) is 0.692. The zero-order chi connectivity index (χ0) is 15.2. The van der Waals surface area contributed by atoms with Gasteiger partial charge in [-0.15, -0.1) is 17.9 Å². The molecule has 0 spiro atoms. The molecule has 1 rings (SSSR count). The molecule has 0 aromatic carbocycles. The Labute approximate surface area is 125 Å². The molecule has 4 nitrogen and oxygen atoms in total. The summed E-state index contributed by atoms with van der Waals surface area (Å²) in [6.07, 6.45) is 1.61. The maximum atomic E-state index is 12.2. The first-order valence-corrected chi connectivity index (χ1v) is 9.15. The zero-order valence-corrected chi connectivity index (χ0v) is 13.5. The van der Waals surface area contributed by atoms with Crippen LogP contribution in [0.5, 0.6) is 0 Å². The van der Waals surface area contributed by atoms with Gasteiger partial charge >= 0.3 is 0 Å². The smallest absolute Gasteiger partial charge is 0.238 e. The Morgan fingerprint density at radius 1 is 1.50 bits per heavy atom. The van der Waals surface area contributed by atoms with Crippen molar-refractivity contribution in [3.05, 3.63) is 35.0 Å². The highest BCUT2D eigenvalue weighted by molar-refractivity contribution is 7.92.